The number of fused-ring (bicyclic) bond motifs is 3. The van der Waals surface area contributed by atoms with Gasteiger partial charge in [-0.1, -0.05) is 0 Å². The van der Waals surface area contributed by atoms with Gasteiger partial charge in [0.05, 0.1) is 18.7 Å². The molecule has 1 unspecified atom stereocenters. The summed E-state index contributed by atoms with van der Waals surface area (Å²) in [7, 11) is 1.58. The Bertz CT molecular complexity index is 1280. The van der Waals surface area contributed by atoms with Crippen molar-refractivity contribution >= 4 is 28.3 Å². The third-order valence-electron chi connectivity index (χ3n) is 5.72. The van der Waals surface area contributed by atoms with E-state index in [9.17, 15) is 13.6 Å². The molecule has 0 bridgehead atoms. The smallest absolute Gasteiger partial charge is 0.263 e. The summed E-state index contributed by atoms with van der Waals surface area (Å²) in [6.07, 6.45) is -2.00. The van der Waals surface area contributed by atoms with Crippen molar-refractivity contribution in [2.75, 3.05) is 17.7 Å². The van der Waals surface area contributed by atoms with Crippen LogP contribution in [0.2, 0.25) is 0 Å². The highest BCUT2D eigenvalue weighted by atomic mass is 19.3. The molecule has 2 heterocycles. The zero-order valence-electron chi connectivity index (χ0n) is 20.0. The van der Waals surface area contributed by atoms with Gasteiger partial charge in [0.1, 0.15) is 17.2 Å². The Morgan fingerprint density at radius 2 is 1.88 bits per heavy atom. The third-order valence-corrected chi connectivity index (χ3v) is 5.72. The molecule has 2 aromatic carbocycles. The lowest BCUT2D eigenvalue weighted by Crippen LogP contribution is -2.24. The summed E-state index contributed by atoms with van der Waals surface area (Å²) in [5.74, 6) is 2.07. The van der Waals surface area contributed by atoms with Crippen molar-refractivity contribution in [3.63, 3.8) is 0 Å². The number of hydrogen-bond acceptors (Lipinski definition) is 6. The van der Waals surface area contributed by atoms with Crippen molar-refractivity contribution in [1.29, 1.82) is 0 Å². The number of benzene rings is 2. The second-order valence-corrected chi connectivity index (χ2v) is 9.18. The van der Waals surface area contributed by atoms with E-state index in [0.717, 1.165) is 16.5 Å². The van der Waals surface area contributed by atoms with Gasteiger partial charge in [-0.3, -0.25) is 4.79 Å². The van der Waals surface area contributed by atoms with Crippen LogP contribution in [0.25, 0.3) is 10.9 Å². The number of rotatable bonds is 6. The molecule has 0 saturated heterocycles. The van der Waals surface area contributed by atoms with Gasteiger partial charge in [0.2, 0.25) is 5.91 Å². The van der Waals surface area contributed by atoms with Gasteiger partial charge in [-0.05, 0) is 57.5 Å². The number of aromatic nitrogens is 2. The second-order valence-electron chi connectivity index (χ2n) is 9.18. The Morgan fingerprint density at radius 1 is 1.18 bits per heavy atom. The molecule has 9 heteroatoms. The fourth-order valence-electron chi connectivity index (χ4n) is 4.29. The molecule has 7 nitrogen and oxygen atoms in total. The molecule has 0 fully saturated rings. The summed E-state index contributed by atoms with van der Waals surface area (Å²) >= 11 is 0. The van der Waals surface area contributed by atoms with Crippen LogP contribution in [-0.2, 0) is 11.2 Å². The molecule has 0 saturated carbocycles. The maximum atomic E-state index is 13.5. The molecule has 0 aliphatic carbocycles. The molecule has 1 atom stereocenters. The Hall–Kier alpha value is -3.49. The fraction of sp³-hybridized carbons (Fsp3) is 0.400. The highest BCUT2D eigenvalue weighted by Gasteiger charge is 2.35. The van der Waals surface area contributed by atoms with Crippen LogP contribution in [0.4, 0.5) is 20.3 Å². The first-order valence-corrected chi connectivity index (χ1v) is 11.0. The highest BCUT2D eigenvalue weighted by Crippen LogP contribution is 2.46. The van der Waals surface area contributed by atoms with Crippen molar-refractivity contribution in [3.8, 4) is 11.5 Å². The summed E-state index contributed by atoms with van der Waals surface area (Å²) in [6.45, 7) is 9.01. The number of nitrogens with zero attached hydrogens (tertiary/aromatic N) is 2. The van der Waals surface area contributed by atoms with Gasteiger partial charge in [0, 0.05) is 35.5 Å². The second kappa shape index (κ2) is 8.70. The number of nitrogens with one attached hydrogen (secondary N) is 2. The first-order chi connectivity index (χ1) is 16.0. The number of carbonyl (C=O) groups excluding carboxylic acids is 1. The molecule has 34 heavy (non-hydrogen) atoms. The minimum Gasteiger partial charge on any atom is -0.493 e. The molecular formula is C25H28F2N4O3. The van der Waals surface area contributed by atoms with Crippen molar-refractivity contribution < 1.29 is 23.0 Å². The molecule has 1 aliphatic heterocycles. The highest BCUT2D eigenvalue weighted by molar-refractivity contribution is 5.95. The molecule has 180 valence electrons. The standard InChI is InChI=1S/C25H28F2N4O3/c1-12(15-7-16(23(26)27)9-17(8-15)31-14(3)32)28-24-18-10-20(33-6)22-19(11-25(4,5)34-22)21(18)29-13(2)30-24/h7-10,12,23H,11H2,1-6H3,(H,31,32)(H,28,29,30). The van der Waals surface area contributed by atoms with Gasteiger partial charge in [-0.25, -0.2) is 18.7 Å². The van der Waals surface area contributed by atoms with Crippen molar-refractivity contribution in [2.24, 2.45) is 0 Å². The van der Waals surface area contributed by atoms with Crippen LogP contribution in [0.15, 0.2) is 24.3 Å². The molecule has 4 rings (SSSR count). The molecular weight excluding hydrogens is 442 g/mol. The Labute approximate surface area is 196 Å². The lowest BCUT2D eigenvalue weighted by Gasteiger charge is -2.20. The first-order valence-electron chi connectivity index (χ1n) is 11.0. The number of ether oxygens (including phenoxy) is 2. The Kier molecular flexibility index (Phi) is 6.05. The monoisotopic (exact) mass is 470 g/mol. The predicted molar refractivity (Wildman–Crippen MR) is 127 cm³/mol. The SMILES string of the molecule is COc1cc2c(NC(C)c3cc(NC(C)=O)cc(C(F)F)c3)nc(C)nc2c2c1OC(C)(C)C2. The average Bonchev–Trinajstić information content (AvgIpc) is 3.08. The predicted octanol–water partition coefficient (Wildman–Crippen LogP) is 5.73. The van der Waals surface area contributed by atoms with Gasteiger partial charge in [-0.2, -0.15) is 0 Å². The van der Waals surface area contributed by atoms with E-state index in [1.807, 2.05) is 26.8 Å². The van der Waals surface area contributed by atoms with Gasteiger partial charge < -0.3 is 20.1 Å². The quantitative estimate of drug-likeness (QED) is 0.479. The minimum absolute atomic E-state index is 0.169. The number of methoxy groups -OCH3 is 1. The molecule has 1 aromatic heterocycles. The zero-order valence-corrected chi connectivity index (χ0v) is 20.0. The number of hydrogen-bond donors (Lipinski definition) is 2. The van der Waals surface area contributed by atoms with Crippen molar-refractivity contribution in [2.45, 2.75) is 59.1 Å². The fourth-order valence-corrected chi connectivity index (χ4v) is 4.29. The van der Waals surface area contributed by atoms with Crippen LogP contribution in [-0.4, -0.2) is 28.6 Å². The number of halogens is 2. The first kappa shape index (κ1) is 23.7. The van der Waals surface area contributed by atoms with Crippen LogP contribution in [0.5, 0.6) is 11.5 Å². The Balaban J connectivity index is 1.78. The van der Waals surface area contributed by atoms with Crippen LogP contribution < -0.4 is 20.1 Å². The van der Waals surface area contributed by atoms with Gasteiger partial charge in [-0.15, -0.1) is 0 Å². The number of amides is 1. The molecule has 1 amide bonds. The summed E-state index contributed by atoms with van der Waals surface area (Å²) in [6, 6.07) is 5.83. The lowest BCUT2D eigenvalue weighted by atomic mass is 9.98. The van der Waals surface area contributed by atoms with E-state index in [-0.39, 0.29) is 17.1 Å². The summed E-state index contributed by atoms with van der Waals surface area (Å²) in [4.78, 5) is 20.8. The lowest BCUT2D eigenvalue weighted by molar-refractivity contribution is -0.114. The maximum Gasteiger partial charge on any atom is 0.263 e. The molecule has 2 N–H and O–H groups in total. The van der Waals surface area contributed by atoms with Gasteiger partial charge in [0.25, 0.3) is 6.43 Å². The number of carbonyl (C=O) groups is 1. The van der Waals surface area contributed by atoms with Crippen LogP contribution in [0, 0.1) is 6.92 Å². The van der Waals surface area contributed by atoms with Crippen molar-refractivity contribution in [3.05, 3.63) is 46.8 Å². The average molecular weight is 471 g/mol. The molecule has 0 spiro atoms. The van der Waals surface area contributed by atoms with Crippen molar-refractivity contribution in [1.82, 2.24) is 9.97 Å². The number of aryl methyl sites for hydroxylation is 1. The normalized spacial score (nSPS) is 15.1. The zero-order chi connectivity index (χ0) is 24.8. The van der Waals surface area contributed by atoms with E-state index >= 15 is 0 Å². The minimum atomic E-state index is -2.67. The Morgan fingerprint density at radius 3 is 2.53 bits per heavy atom. The van der Waals surface area contributed by atoms with Gasteiger partial charge in [0.15, 0.2) is 11.5 Å². The maximum absolute atomic E-state index is 13.5. The van der Waals surface area contributed by atoms with E-state index < -0.39 is 12.5 Å². The number of alkyl halides is 2. The van der Waals surface area contributed by atoms with Gasteiger partial charge >= 0.3 is 0 Å². The van der Waals surface area contributed by atoms with E-state index in [4.69, 9.17) is 9.47 Å². The third kappa shape index (κ3) is 4.60. The van der Waals surface area contributed by atoms with E-state index in [1.165, 1.54) is 19.1 Å². The topological polar surface area (TPSA) is 85.4 Å². The van der Waals surface area contributed by atoms with E-state index in [1.54, 1.807) is 20.1 Å². The molecule has 1 aliphatic rings. The van der Waals surface area contributed by atoms with Crippen LogP contribution in [0.3, 0.4) is 0 Å². The largest absolute Gasteiger partial charge is 0.493 e. The van der Waals surface area contributed by atoms with Crippen LogP contribution in [0.1, 0.15) is 62.7 Å². The van der Waals surface area contributed by atoms with E-state index in [0.29, 0.717) is 40.8 Å². The molecule has 3 aromatic rings. The summed E-state index contributed by atoms with van der Waals surface area (Å²) in [5.41, 5.74) is 2.06. The van der Waals surface area contributed by atoms with Crippen LogP contribution >= 0.6 is 0 Å². The van der Waals surface area contributed by atoms with E-state index in [2.05, 4.69) is 20.6 Å². The summed E-state index contributed by atoms with van der Waals surface area (Å²) in [5, 5.41) is 6.69. The number of anilines is 2. The molecule has 0 radical (unpaired) electrons. The summed E-state index contributed by atoms with van der Waals surface area (Å²) < 4.78 is 38.7.